The highest BCUT2D eigenvalue weighted by Crippen LogP contribution is 2.27. The third-order valence-corrected chi connectivity index (χ3v) is 4.43. The molecule has 0 aliphatic carbocycles. The van der Waals surface area contributed by atoms with E-state index in [4.69, 9.17) is 32.7 Å². The van der Waals surface area contributed by atoms with E-state index in [1.165, 1.54) is 20.1 Å². The Morgan fingerprint density at radius 3 is 2.38 bits per heavy atom. The Labute approximate surface area is 178 Å². The molecule has 154 valence electrons. The van der Waals surface area contributed by atoms with E-state index in [1.807, 2.05) is 0 Å². The van der Waals surface area contributed by atoms with Crippen LogP contribution in [-0.4, -0.2) is 37.5 Å². The molecular formula is C20H20Cl2N2O5. The molecule has 2 atom stereocenters. The number of halogens is 2. The summed E-state index contributed by atoms with van der Waals surface area (Å²) < 4.78 is 10.1. The molecule has 0 fully saturated rings. The third-order valence-electron chi connectivity index (χ3n) is 3.88. The molecule has 2 amide bonds. The van der Waals surface area contributed by atoms with E-state index in [-0.39, 0.29) is 12.4 Å². The van der Waals surface area contributed by atoms with E-state index < -0.39 is 29.9 Å². The van der Waals surface area contributed by atoms with Crippen molar-refractivity contribution in [3.05, 3.63) is 64.1 Å². The Balaban J connectivity index is 1.93. The Bertz CT molecular complexity index is 876. The Kier molecular flexibility index (Phi) is 8.30. The van der Waals surface area contributed by atoms with Gasteiger partial charge in [0.25, 0.3) is 5.91 Å². The van der Waals surface area contributed by atoms with Gasteiger partial charge in [-0.3, -0.25) is 9.59 Å². The quantitative estimate of drug-likeness (QED) is 0.617. The summed E-state index contributed by atoms with van der Waals surface area (Å²) in [6.45, 7) is 1.12. The first-order valence-corrected chi connectivity index (χ1v) is 9.37. The highest BCUT2D eigenvalue weighted by molar-refractivity contribution is 6.34. The van der Waals surface area contributed by atoms with Gasteiger partial charge in [-0.05, 0) is 24.6 Å². The number of hydrogen-bond donors (Lipinski definition) is 2. The highest BCUT2D eigenvalue weighted by Gasteiger charge is 2.26. The first kappa shape index (κ1) is 22.5. The normalized spacial score (nSPS) is 12.4. The summed E-state index contributed by atoms with van der Waals surface area (Å²) in [5.74, 6) is -1.47. The fourth-order valence-electron chi connectivity index (χ4n) is 2.39. The molecule has 29 heavy (non-hydrogen) atoms. The number of benzene rings is 2. The van der Waals surface area contributed by atoms with E-state index in [0.717, 1.165) is 0 Å². The van der Waals surface area contributed by atoms with Crippen LogP contribution in [0, 0.1) is 0 Å². The van der Waals surface area contributed by atoms with E-state index >= 15 is 0 Å². The monoisotopic (exact) mass is 438 g/mol. The van der Waals surface area contributed by atoms with Gasteiger partial charge in [-0.25, -0.2) is 4.79 Å². The minimum Gasteiger partial charge on any atom is -0.482 e. The molecule has 0 aliphatic heterocycles. The smallest absolute Gasteiger partial charge is 0.333 e. The van der Waals surface area contributed by atoms with Crippen LogP contribution in [0.15, 0.2) is 48.5 Å². The van der Waals surface area contributed by atoms with Gasteiger partial charge in [-0.15, -0.1) is 0 Å². The van der Waals surface area contributed by atoms with Crippen molar-refractivity contribution in [2.45, 2.75) is 19.0 Å². The van der Waals surface area contributed by atoms with Crippen LogP contribution in [0.3, 0.4) is 0 Å². The zero-order valence-electron chi connectivity index (χ0n) is 15.8. The lowest BCUT2D eigenvalue weighted by Gasteiger charge is -2.20. The molecule has 9 heteroatoms. The van der Waals surface area contributed by atoms with Crippen LogP contribution in [-0.2, 0) is 19.1 Å². The van der Waals surface area contributed by atoms with Crippen LogP contribution in [0.1, 0.15) is 18.5 Å². The molecule has 7 nitrogen and oxygen atoms in total. The second kappa shape index (κ2) is 10.7. The molecule has 2 N–H and O–H groups in total. The molecule has 0 heterocycles. The van der Waals surface area contributed by atoms with E-state index in [1.54, 1.807) is 42.5 Å². The molecule has 0 aromatic heterocycles. The predicted molar refractivity (Wildman–Crippen MR) is 109 cm³/mol. The van der Waals surface area contributed by atoms with Crippen LogP contribution in [0.4, 0.5) is 0 Å². The van der Waals surface area contributed by atoms with Gasteiger partial charge in [0, 0.05) is 11.1 Å². The van der Waals surface area contributed by atoms with Crippen LogP contribution < -0.4 is 15.4 Å². The standard InChI is InChI=1S/C20H20Cl2N2O5/c1-12(23-17(25)11-29-16-10-14(21)8-9-15(16)22)19(26)24-18(20(27)28-2)13-6-4-3-5-7-13/h3-10,12,18H,11H2,1-2H3,(H,23,25)(H,24,26)/t12-,18-/m0/s1. The molecule has 0 saturated heterocycles. The van der Waals surface area contributed by atoms with E-state index in [0.29, 0.717) is 15.6 Å². The molecule has 0 bridgehead atoms. The zero-order valence-corrected chi connectivity index (χ0v) is 17.3. The van der Waals surface area contributed by atoms with Gasteiger partial charge in [0.05, 0.1) is 12.1 Å². The van der Waals surface area contributed by atoms with Crippen LogP contribution in [0.25, 0.3) is 0 Å². The number of hydrogen-bond acceptors (Lipinski definition) is 5. The topological polar surface area (TPSA) is 93.7 Å². The summed E-state index contributed by atoms with van der Waals surface area (Å²) in [6, 6.07) is 11.3. The predicted octanol–water partition coefficient (Wildman–Crippen LogP) is 2.91. The molecule has 2 aromatic rings. The molecule has 0 radical (unpaired) electrons. The molecule has 0 saturated carbocycles. The molecule has 2 rings (SSSR count). The van der Waals surface area contributed by atoms with Gasteiger partial charge >= 0.3 is 5.97 Å². The van der Waals surface area contributed by atoms with Crippen LogP contribution >= 0.6 is 23.2 Å². The van der Waals surface area contributed by atoms with Crippen molar-refractivity contribution in [3.8, 4) is 5.75 Å². The summed E-state index contributed by atoms with van der Waals surface area (Å²) >= 11 is 11.8. The number of carbonyl (C=O) groups is 3. The van der Waals surface area contributed by atoms with Gasteiger partial charge in [0.1, 0.15) is 11.8 Å². The van der Waals surface area contributed by atoms with Crippen LogP contribution in [0.5, 0.6) is 5.75 Å². The summed E-state index contributed by atoms with van der Waals surface area (Å²) in [5, 5.41) is 5.78. The van der Waals surface area contributed by atoms with Gasteiger partial charge in [0.15, 0.2) is 12.6 Å². The van der Waals surface area contributed by atoms with Gasteiger partial charge in [-0.2, -0.15) is 0 Å². The van der Waals surface area contributed by atoms with Crippen molar-refractivity contribution in [2.75, 3.05) is 13.7 Å². The Hall–Kier alpha value is -2.77. The zero-order chi connectivity index (χ0) is 21.4. The van der Waals surface area contributed by atoms with Crippen molar-refractivity contribution in [3.63, 3.8) is 0 Å². The number of carbonyl (C=O) groups excluding carboxylic acids is 3. The largest absolute Gasteiger partial charge is 0.482 e. The van der Waals surface area contributed by atoms with Crippen molar-refractivity contribution in [1.29, 1.82) is 0 Å². The van der Waals surface area contributed by atoms with Crippen molar-refractivity contribution >= 4 is 41.0 Å². The number of nitrogens with one attached hydrogen (secondary N) is 2. The summed E-state index contributed by atoms with van der Waals surface area (Å²) in [6.07, 6.45) is 0. The van der Waals surface area contributed by atoms with Crippen molar-refractivity contribution in [2.24, 2.45) is 0 Å². The number of esters is 1. The van der Waals surface area contributed by atoms with Gasteiger partial charge in [-0.1, -0.05) is 53.5 Å². The first-order valence-electron chi connectivity index (χ1n) is 8.62. The second-order valence-electron chi connectivity index (χ2n) is 6.03. The average Bonchev–Trinajstić information content (AvgIpc) is 2.72. The minimum absolute atomic E-state index is 0.251. The Morgan fingerprint density at radius 2 is 1.72 bits per heavy atom. The maximum absolute atomic E-state index is 12.4. The average molecular weight is 439 g/mol. The molecule has 0 aliphatic rings. The summed E-state index contributed by atoms with van der Waals surface area (Å²) in [5.41, 5.74) is 0.560. The molecular weight excluding hydrogens is 419 g/mol. The van der Waals surface area contributed by atoms with E-state index in [9.17, 15) is 14.4 Å². The number of methoxy groups -OCH3 is 1. The number of rotatable bonds is 8. The van der Waals surface area contributed by atoms with Gasteiger partial charge < -0.3 is 20.1 Å². The number of amides is 2. The molecule has 0 unspecified atom stereocenters. The van der Waals surface area contributed by atoms with Crippen molar-refractivity contribution < 1.29 is 23.9 Å². The number of ether oxygens (including phenoxy) is 2. The second-order valence-corrected chi connectivity index (χ2v) is 6.87. The minimum atomic E-state index is -0.991. The molecule has 0 spiro atoms. The van der Waals surface area contributed by atoms with Crippen molar-refractivity contribution in [1.82, 2.24) is 10.6 Å². The molecule has 2 aromatic carbocycles. The SMILES string of the molecule is COC(=O)[C@@H](NC(=O)[C@H](C)NC(=O)COc1cc(Cl)ccc1Cl)c1ccccc1. The Morgan fingerprint density at radius 1 is 1.03 bits per heavy atom. The fourth-order valence-corrected chi connectivity index (χ4v) is 2.72. The first-order chi connectivity index (χ1) is 13.8. The summed E-state index contributed by atoms with van der Waals surface area (Å²) in [7, 11) is 1.23. The van der Waals surface area contributed by atoms with Crippen LogP contribution in [0.2, 0.25) is 10.0 Å². The summed E-state index contributed by atoms with van der Waals surface area (Å²) in [4.78, 5) is 36.6. The fraction of sp³-hybridized carbons (Fsp3) is 0.250. The highest BCUT2D eigenvalue weighted by atomic mass is 35.5. The van der Waals surface area contributed by atoms with E-state index in [2.05, 4.69) is 10.6 Å². The lowest BCUT2D eigenvalue weighted by molar-refractivity contribution is -0.145. The maximum Gasteiger partial charge on any atom is 0.333 e. The lowest BCUT2D eigenvalue weighted by Crippen LogP contribution is -2.48. The lowest BCUT2D eigenvalue weighted by atomic mass is 10.1. The van der Waals surface area contributed by atoms with Gasteiger partial charge in [0.2, 0.25) is 5.91 Å². The maximum atomic E-state index is 12.4. The third kappa shape index (κ3) is 6.66.